The zero-order valence-electron chi connectivity index (χ0n) is 10.7. The van der Waals surface area contributed by atoms with Gasteiger partial charge in [0, 0.05) is 19.7 Å². The van der Waals surface area contributed by atoms with E-state index in [1.165, 1.54) is 18.4 Å². The number of ether oxygens (including phenoxy) is 2. The van der Waals surface area contributed by atoms with Crippen molar-refractivity contribution in [2.45, 2.75) is 19.4 Å². The van der Waals surface area contributed by atoms with Crippen molar-refractivity contribution in [2.24, 2.45) is 5.92 Å². The van der Waals surface area contributed by atoms with Gasteiger partial charge in [-0.1, -0.05) is 6.07 Å². The molecule has 1 aliphatic heterocycles. The quantitative estimate of drug-likeness (QED) is 0.906. The Bertz CT molecular complexity index is 378. The van der Waals surface area contributed by atoms with Crippen LogP contribution in [-0.4, -0.2) is 26.9 Å². The molecule has 0 amide bonds. The lowest BCUT2D eigenvalue weighted by atomic mass is 10.0. The van der Waals surface area contributed by atoms with Crippen LogP contribution >= 0.6 is 15.9 Å². The first-order chi connectivity index (χ1) is 8.79. The maximum atomic E-state index is 5.47. The highest BCUT2D eigenvalue weighted by molar-refractivity contribution is 9.10. The van der Waals surface area contributed by atoms with E-state index in [0.717, 1.165) is 36.5 Å². The van der Waals surface area contributed by atoms with Crippen molar-refractivity contribution in [3.8, 4) is 5.75 Å². The van der Waals surface area contributed by atoms with Crippen LogP contribution in [0.5, 0.6) is 5.75 Å². The molecule has 0 aromatic heterocycles. The van der Waals surface area contributed by atoms with E-state index in [-0.39, 0.29) is 0 Å². The van der Waals surface area contributed by atoms with Gasteiger partial charge in [0.15, 0.2) is 0 Å². The summed E-state index contributed by atoms with van der Waals surface area (Å²) < 4.78 is 11.7. The Hall–Kier alpha value is -0.580. The second-order valence-electron chi connectivity index (χ2n) is 4.68. The van der Waals surface area contributed by atoms with Gasteiger partial charge in [0.05, 0.1) is 18.2 Å². The van der Waals surface area contributed by atoms with E-state index in [1.54, 1.807) is 7.11 Å². The number of rotatable bonds is 5. The van der Waals surface area contributed by atoms with Crippen molar-refractivity contribution in [3.63, 3.8) is 0 Å². The Morgan fingerprint density at radius 2 is 2.39 bits per heavy atom. The molecule has 1 fully saturated rings. The molecule has 100 valence electrons. The molecule has 1 heterocycles. The number of hydrogen-bond donors (Lipinski definition) is 1. The van der Waals surface area contributed by atoms with Gasteiger partial charge in [-0.25, -0.2) is 0 Å². The molecule has 1 N–H and O–H groups in total. The van der Waals surface area contributed by atoms with Gasteiger partial charge in [0.25, 0.3) is 0 Å². The van der Waals surface area contributed by atoms with Crippen molar-refractivity contribution in [3.05, 3.63) is 28.2 Å². The lowest BCUT2D eigenvalue weighted by Crippen LogP contribution is -2.28. The van der Waals surface area contributed by atoms with Crippen molar-refractivity contribution in [2.75, 3.05) is 26.9 Å². The molecule has 1 aliphatic rings. The summed E-state index contributed by atoms with van der Waals surface area (Å²) >= 11 is 3.50. The summed E-state index contributed by atoms with van der Waals surface area (Å²) in [5.74, 6) is 1.54. The van der Waals surface area contributed by atoms with Gasteiger partial charge in [-0.05, 0) is 52.4 Å². The largest absolute Gasteiger partial charge is 0.496 e. The first-order valence-corrected chi connectivity index (χ1v) is 7.20. The Morgan fingerprint density at radius 3 is 3.06 bits per heavy atom. The molecule has 3 nitrogen and oxygen atoms in total. The first kappa shape index (κ1) is 13.8. The van der Waals surface area contributed by atoms with Crippen molar-refractivity contribution >= 4 is 15.9 Å². The van der Waals surface area contributed by atoms with Crippen LogP contribution in [0.3, 0.4) is 0 Å². The lowest BCUT2D eigenvalue weighted by Gasteiger charge is -2.22. The van der Waals surface area contributed by atoms with Gasteiger partial charge in [-0.3, -0.25) is 0 Å². The summed E-state index contributed by atoms with van der Waals surface area (Å²) in [6, 6.07) is 6.18. The van der Waals surface area contributed by atoms with Gasteiger partial charge in [0.2, 0.25) is 0 Å². The molecule has 1 aromatic rings. The molecule has 0 aliphatic carbocycles. The smallest absolute Gasteiger partial charge is 0.133 e. The highest BCUT2D eigenvalue weighted by atomic mass is 79.9. The number of hydrogen-bond acceptors (Lipinski definition) is 3. The van der Waals surface area contributed by atoms with Gasteiger partial charge in [0.1, 0.15) is 5.75 Å². The topological polar surface area (TPSA) is 30.5 Å². The third-order valence-corrected chi connectivity index (χ3v) is 3.85. The SMILES string of the molecule is COc1ccc(CNCC2CCCOC2)cc1Br. The Morgan fingerprint density at radius 1 is 1.50 bits per heavy atom. The van der Waals surface area contributed by atoms with Crippen LogP contribution in [0.1, 0.15) is 18.4 Å². The summed E-state index contributed by atoms with van der Waals surface area (Å²) in [7, 11) is 1.68. The van der Waals surface area contributed by atoms with Crippen molar-refractivity contribution in [1.29, 1.82) is 0 Å². The molecule has 1 unspecified atom stereocenters. The number of benzene rings is 1. The summed E-state index contributed by atoms with van der Waals surface area (Å²) in [6.07, 6.45) is 2.47. The maximum Gasteiger partial charge on any atom is 0.133 e. The maximum absolute atomic E-state index is 5.47. The molecular weight excluding hydrogens is 294 g/mol. The standard InChI is InChI=1S/C14H20BrNO2/c1-17-14-5-4-11(7-13(14)15)8-16-9-12-3-2-6-18-10-12/h4-5,7,12,16H,2-3,6,8-10H2,1H3. The van der Waals surface area contributed by atoms with E-state index in [2.05, 4.69) is 33.4 Å². The number of methoxy groups -OCH3 is 1. The predicted molar refractivity (Wildman–Crippen MR) is 75.9 cm³/mol. The van der Waals surface area contributed by atoms with Crippen LogP contribution in [0.2, 0.25) is 0 Å². The average Bonchev–Trinajstić information content (AvgIpc) is 2.40. The first-order valence-electron chi connectivity index (χ1n) is 6.40. The van der Waals surface area contributed by atoms with Crippen LogP contribution in [0, 0.1) is 5.92 Å². The fourth-order valence-electron chi connectivity index (χ4n) is 2.21. The summed E-state index contributed by atoms with van der Waals surface area (Å²) in [6.45, 7) is 3.75. The van der Waals surface area contributed by atoms with E-state index in [9.17, 15) is 0 Å². The van der Waals surface area contributed by atoms with Gasteiger partial charge >= 0.3 is 0 Å². The molecule has 0 saturated carbocycles. The van der Waals surface area contributed by atoms with Crippen LogP contribution in [0.25, 0.3) is 0 Å². The molecule has 2 rings (SSSR count). The van der Waals surface area contributed by atoms with E-state index in [0.29, 0.717) is 5.92 Å². The minimum atomic E-state index is 0.667. The predicted octanol–water partition coefficient (Wildman–Crippen LogP) is 2.97. The summed E-state index contributed by atoms with van der Waals surface area (Å²) in [5.41, 5.74) is 1.26. The van der Waals surface area contributed by atoms with E-state index in [4.69, 9.17) is 9.47 Å². The fourth-order valence-corrected chi connectivity index (χ4v) is 2.80. The minimum absolute atomic E-state index is 0.667. The molecule has 1 atom stereocenters. The molecule has 4 heteroatoms. The number of nitrogens with one attached hydrogen (secondary N) is 1. The second kappa shape index (κ2) is 7.12. The molecule has 0 spiro atoms. The second-order valence-corrected chi connectivity index (χ2v) is 5.54. The van der Waals surface area contributed by atoms with Gasteiger partial charge in [-0.15, -0.1) is 0 Å². The minimum Gasteiger partial charge on any atom is -0.496 e. The lowest BCUT2D eigenvalue weighted by molar-refractivity contribution is 0.0547. The molecule has 0 radical (unpaired) electrons. The van der Waals surface area contributed by atoms with E-state index >= 15 is 0 Å². The Balaban J connectivity index is 1.77. The highest BCUT2D eigenvalue weighted by Gasteiger charge is 2.13. The fraction of sp³-hybridized carbons (Fsp3) is 0.571. The highest BCUT2D eigenvalue weighted by Crippen LogP contribution is 2.25. The molecule has 1 saturated heterocycles. The zero-order valence-corrected chi connectivity index (χ0v) is 12.3. The van der Waals surface area contributed by atoms with Gasteiger partial charge in [-0.2, -0.15) is 0 Å². The zero-order chi connectivity index (χ0) is 12.8. The monoisotopic (exact) mass is 313 g/mol. The average molecular weight is 314 g/mol. The summed E-state index contributed by atoms with van der Waals surface area (Å²) in [5, 5.41) is 3.49. The molecule has 1 aromatic carbocycles. The Labute approximate surface area is 117 Å². The number of halogens is 1. The van der Waals surface area contributed by atoms with Crippen LogP contribution in [0.15, 0.2) is 22.7 Å². The van der Waals surface area contributed by atoms with Crippen LogP contribution in [0.4, 0.5) is 0 Å². The van der Waals surface area contributed by atoms with Gasteiger partial charge < -0.3 is 14.8 Å². The third kappa shape index (κ3) is 3.97. The molecule has 18 heavy (non-hydrogen) atoms. The van der Waals surface area contributed by atoms with Crippen molar-refractivity contribution in [1.82, 2.24) is 5.32 Å². The normalized spacial score (nSPS) is 19.8. The third-order valence-electron chi connectivity index (χ3n) is 3.23. The van der Waals surface area contributed by atoms with Crippen LogP contribution < -0.4 is 10.1 Å². The molecular formula is C14H20BrNO2. The van der Waals surface area contributed by atoms with E-state index in [1.807, 2.05) is 6.07 Å². The van der Waals surface area contributed by atoms with Crippen LogP contribution in [-0.2, 0) is 11.3 Å². The van der Waals surface area contributed by atoms with Crippen molar-refractivity contribution < 1.29 is 9.47 Å². The Kier molecular flexibility index (Phi) is 5.47. The summed E-state index contributed by atoms with van der Waals surface area (Å²) in [4.78, 5) is 0. The molecule has 0 bridgehead atoms. The van der Waals surface area contributed by atoms with E-state index < -0.39 is 0 Å².